The van der Waals surface area contributed by atoms with Gasteiger partial charge in [0.25, 0.3) is 0 Å². The van der Waals surface area contributed by atoms with Crippen molar-refractivity contribution in [1.82, 2.24) is 5.32 Å². The summed E-state index contributed by atoms with van der Waals surface area (Å²) in [7, 11) is 1.80. The summed E-state index contributed by atoms with van der Waals surface area (Å²) in [5, 5.41) is 11.9. The number of nitrogens with one attached hydrogen (secondary N) is 1. The van der Waals surface area contributed by atoms with E-state index in [-0.39, 0.29) is 12.6 Å². The second kappa shape index (κ2) is 3.74. The molecular formula is C9H15NO2. The Kier molecular flexibility index (Phi) is 2.89. The number of hydrogen-bond acceptors (Lipinski definition) is 3. The molecule has 0 aliphatic heterocycles. The van der Waals surface area contributed by atoms with E-state index < -0.39 is 0 Å². The normalized spacial score (nSPS) is 13.3. The molecule has 0 spiro atoms. The van der Waals surface area contributed by atoms with Crippen molar-refractivity contribution in [2.45, 2.75) is 19.9 Å². The molecule has 0 bridgehead atoms. The summed E-state index contributed by atoms with van der Waals surface area (Å²) < 4.78 is 5.44. The molecule has 0 amide bonds. The van der Waals surface area contributed by atoms with E-state index in [1.165, 1.54) is 0 Å². The van der Waals surface area contributed by atoms with Gasteiger partial charge in [-0.05, 0) is 32.5 Å². The molecule has 0 aromatic carbocycles. The average Bonchev–Trinajstić information content (AvgIpc) is 2.35. The quantitative estimate of drug-likeness (QED) is 0.713. The summed E-state index contributed by atoms with van der Waals surface area (Å²) in [5.41, 5.74) is 1.12. The zero-order valence-corrected chi connectivity index (χ0v) is 7.72. The van der Waals surface area contributed by atoms with Crippen LogP contribution in [0.1, 0.15) is 23.1 Å². The molecule has 1 rings (SSSR count). The molecule has 0 saturated carbocycles. The van der Waals surface area contributed by atoms with Crippen LogP contribution in [0.15, 0.2) is 10.5 Å². The molecule has 0 saturated heterocycles. The fourth-order valence-corrected chi connectivity index (χ4v) is 1.10. The standard InChI is InChI=1S/C9H15NO2/c1-6-4-9(12-7(6)2)8(5-11)10-3/h4,8,10-11H,5H2,1-3H3/t8-/m1/s1. The third-order valence-corrected chi connectivity index (χ3v) is 2.06. The van der Waals surface area contributed by atoms with Crippen LogP contribution >= 0.6 is 0 Å². The number of aliphatic hydroxyl groups is 1. The Morgan fingerprint density at radius 2 is 2.25 bits per heavy atom. The molecule has 1 heterocycles. The van der Waals surface area contributed by atoms with Crippen molar-refractivity contribution in [1.29, 1.82) is 0 Å². The molecule has 0 unspecified atom stereocenters. The second-order valence-electron chi connectivity index (χ2n) is 2.91. The van der Waals surface area contributed by atoms with E-state index in [9.17, 15) is 0 Å². The van der Waals surface area contributed by atoms with Crippen molar-refractivity contribution in [3.05, 3.63) is 23.2 Å². The minimum Gasteiger partial charge on any atom is -0.464 e. The molecule has 1 aromatic heterocycles. The van der Waals surface area contributed by atoms with Gasteiger partial charge in [-0.3, -0.25) is 0 Å². The van der Waals surface area contributed by atoms with E-state index in [0.717, 1.165) is 17.1 Å². The second-order valence-corrected chi connectivity index (χ2v) is 2.91. The van der Waals surface area contributed by atoms with Crippen LogP contribution in [-0.4, -0.2) is 18.8 Å². The molecule has 3 heteroatoms. The van der Waals surface area contributed by atoms with Gasteiger partial charge in [0.2, 0.25) is 0 Å². The predicted octanol–water partition coefficient (Wildman–Crippen LogP) is 1.15. The van der Waals surface area contributed by atoms with Crippen LogP contribution < -0.4 is 5.32 Å². The van der Waals surface area contributed by atoms with Crippen LogP contribution in [0.4, 0.5) is 0 Å². The largest absolute Gasteiger partial charge is 0.464 e. The first-order valence-electron chi connectivity index (χ1n) is 4.04. The predicted molar refractivity (Wildman–Crippen MR) is 47.1 cm³/mol. The zero-order chi connectivity index (χ0) is 9.14. The Hall–Kier alpha value is -0.800. The Labute approximate surface area is 72.4 Å². The lowest BCUT2D eigenvalue weighted by molar-refractivity contribution is 0.232. The summed E-state index contributed by atoms with van der Waals surface area (Å²) >= 11 is 0. The third kappa shape index (κ3) is 1.68. The summed E-state index contributed by atoms with van der Waals surface area (Å²) in [5.74, 6) is 1.72. The third-order valence-electron chi connectivity index (χ3n) is 2.06. The number of aryl methyl sites for hydroxylation is 2. The molecule has 12 heavy (non-hydrogen) atoms. The highest BCUT2D eigenvalue weighted by Crippen LogP contribution is 2.19. The van der Waals surface area contributed by atoms with Crippen LogP contribution in [0.25, 0.3) is 0 Å². The van der Waals surface area contributed by atoms with E-state index >= 15 is 0 Å². The molecule has 0 radical (unpaired) electrons. The maximum Gasteiger partial charge on any atom is 0.123 e. The molecule has 0 fully saturated rings. The Balaban J connectivity index is 2.86. The van der Waals surface area contributed by atoms with E-state index in [4.69, 9.17) is 9.52 Å². The van der Waals surface area contributed by atoms with Crippen LogP contribution in [0, 0.1) is 13.8 Å². The minimum atomic E-state index is -0.0857. The summed E-state index contributed by atoms with van der Waals surface area (Å²) in [6.07, 6.45) is 0. The smallest absolute Gasteiger partial charge is 0.123 e. The first-order valence-corrected chi connectivity index (χ1v) is 4.04. The van der Waals surface area contributed by atoms with E-state index in [1.807, 2.05) is 19.9 Å². The molecule has 0 aliphatic carbocycles. The molecule has 68 valence electrons. The fourth-order valence-electron chi connectivity index (χ4n) is 1.10. The summed E-state index contributed by atoms with van der Waals surface area (Å²) in [6.45, 7) is 3.97. The van der Waals surface area contributed by atoms with Gasteiger partial charge in [0.1, 0.15) is 11.5 Å². The molecule has 3 nitrogen and oxygen atoms in total. The average molecular weight is 169 g/mol. The van der Waals surface area contributed by atoms with E-state index in [0.29, 0.717) is 0 Å². The summed E-state index contributed by atoms with van der Waals surface area (Å²) in [6, 6.07) is 1.87. The zero-order valence-electron chi connectivity index (χ0n) is 7.72. The highest BCUT2D eigenvalue weighted by Gasteiger charge is 2.12. The van der Waals surface area contributed by atoms with Gasteiger partial charge >= 0.3 is 0 Å². The van der Waals surface area contributed by atoms with Crippen LogP contribution in [0.3, 0.4) is 0 Å². The van der Waals surface area contributed by atoms with Crippen molar-refractivity contribution in [2.75, 3.05) is 13.7 Å². The van der Waals surface area contributed by atoms with Gasteiger partial charge in [-0.1, -0.05) is 0 Å². The van der Waals surface area contributed by atoms with E-state index in [1.54, 1.807) is 7.05 Å². The Morgan fingerprint density at radius 3 is 2.58 bits per heavy atom. The highest BCUT2D eigenvalue weighted by atomic mass is 16.3. The van der Waals surface area contributed by atoms with Crippen molar-refractivity contribution in [3.8, 4) is 0 Å². The fraction of sp³-hybridized carbons (Fsp3) is 0.556. The van der Waals surface area contributed by atoms with Crippen molar-refractivity contribution in [2.24, 2.45) is 0 Å². The van der Waals surface area contributed by atoms with Gasteiger partial charge < -0.3 is 14.8 Å². The topological polar surface area (TPSA) is 45.4 Å². The highest BCUT2D eigenvalue weighted by molar-refractivity contribution is 5.20. The number of likely N-dealkylation sites (N-methyl/N-ethyl adjacent to an activating group) is 1. The maximum atomic E-state index is 8.96. The first-order chi connectivity index (χ1) is 5.69. The monoisotopic (exact) mass is 169 g/mol. The minimum absolute atomic E-state index is 0.0584. The molecular weight excluding hydrogens is 154 g/mol. The maximum absolute atomic E-state index is 8.96. The lowest BCUT2D eigenvalue weighted by Crippen LogP contribution is -2.19. The van der Waals surface area contributed by atoms with Crippen LogP contribution in [0.2, 0.25) is 0 Å². The lowest BCUT2D eigenvalue weighted by atomic mass is 10.2. The molecule has 2 N–H and O–H groups in total. The number of furan rings is 1. The van der Waals surface area contributed by atoms with Crippen LogP contribution in [-0.2, 0) is 0 Å². The van der Waals surface area contributed by atoms with Crippen LogP contribution in [0.5, 0.6) is 0 Å². The van der Waals surface area contributed by atoms with Gasteiger partial charge in [-0.25, -0.2) is 0 Å². The van der Waals surface area contributed by atoms with Crippen molar-refractivity contribution in [3.63, 3.8) is 0 Å². The van der Waals surface area contributed by atoms with Gasteiger partial charge in [0, 0.05) is 0 Å². The molecule has 1 aromatic rings. The van der Waals surface area contributed by atoms with Gasteiger partial charge in [-0.2, -0.15) is 0 Å². The van der Waals surface area contributed by atoms with E-state index in [2.05, 4.69) is 5.32 Å². The lowest BCUT2D eigenvalue weighted by Gasteiger charge is -2.08. The van der Waals surface area contributed by atoms with Gasteiger partial charge in [0.05, 0.1) is 12.6 Å². The first kappa shape index (κ1) is 9.29. The Morgan fingerprint density at radius 1 is 1.58 bits per heavy atom. The molecule has 0 aliphatic rings. The summed E-state index contributed by atoms with van der Waals surface area (Å²) in [4.78, 5) is 0. The van der Waals surface area contributed by atoms with Gasteiger partial charge in [0.15, 0.2) is 0 Å². The molecule has 1 atom stereocenters. The van der Waals surface area contributed by atoms with Crippen molar-refractivity contribution >= 4 is 0 Å². The number of rotatable bonds is 3. The Bertz CT molecular complexity index is 232. The van der Waals surface area contributed by atoms with Crippen molar-refractivity contribution < 1.29 is 9.52 Å². The number of aliphatic hydroxyl groups excluding tert-OH is 1. The van der Waals surface area contributed by atoms with Gasteiger partial charge in [-0.15, -0.1) is 0 Å². The number of hydrogen-bond donors (Lipinski definition) is 2. The SMILES string of the molecule is CN[C@H](CO)c1cc(C)c(C)o1.